The number of amides is 1. The van der Waals surface area contributed by atoms with Gasteiger partial charge in [-0.05, 0) is 23.8 Å². The Bertz CT molecular complexity index is 1240. The van der Waals surface area contributed by atoms with Gasteiger partial charge >= 0.3 is 0 Å². The summed E-state index contributed by atoms with van der Waals surface area (Å²) in [7, 11) is 3.29. The van der Waals surface area contributed by atoms with E-state index in [0.29, 0.717) is 48.2 Å². The first-order valence-corrected chi connectivity index (χ1v) is 10.4. The van der Waals surface area contributed by atoms with Crippen molar-refractivity contribution in [2.24, 2.45) is 0 Å². The number of hydroxylamine groups is 1. The third-order valence-corrected chi connectivity index (χ3v) is 5.80. The van der Waals surface area contributed by atoms with Gasteiger partial charge < -0.3 is 15.0 Å². The Morgan fingerprint density at radius 2 is 2.06 bits per heavy atom. The van der Waals surface area contributed by atoms with Crippen molar-refractivity contribution in [2.75, 3.05) is 31.1 Å². The molecule has 8 nitrogen and oxygen atoms in total. The predicted molar refractivity (Wildman–Crippen MR) is 116 cm³/mol. The van der Waals surface area contributed by atoms with Crippen molar-refractivity contribution in [1.82, 2.24) is 14.9 Å². The van der Waals surface area contributed by atoms with Crippen molar-refractivity contribution >= 4 is 23.2 Å². The van der Waals surface area contributed by atoms with E-state index < -0.39 is 17.7 Å². The van der Waals surface area contributed by atoms with Crippen molar-refractivity contribution in [3.8, 4) is 5.75 Å². The van der Waals surface area contributed by atoms with Crippen molar-refractivity contribution in [1.29, 1.82) is 0 Å². The SMILES string of the molecule is COc1cc2c(cc1Nc1cc(N3OCC[C@@H]3c3cccc(F)c3F)ncn1)C(=O)N(C)C2. The normalized spacial score (nSPS) is 17.5. The lowest BCUT2D eigenvalue weighted by atomic mass is 10.0. The second kappa shape index (κ2) is 8.28. The number of nitrogens with zero attached hydrogens (tertiary/aromatic N) is 4. The summed E-state index contributed by atoms with van der Waals surface area (Å²) >= 11 is 0. The van der Waals surface area contributed by atoms with Gasteiger partial charge in [0.1, 0.15) is 17.9 Å². The first kappa shape index (κ1) is 21.1. The van der Waals surface area contributed by atoms with E-state index in [1.807, 2.05) is 6.07 Å². The average Bonchev–Trinajstić information content (AvgIpc) is 3.40. The lowest BCUT2D eigenvalue weighted by molar-refractivity contribution is 0.0816. The maximum absolute atomic E-state index is 14.4. The summed E-state index contributed by atoms with van der Waals surface area (Å²) in [6.07, 6.45) is 1.82. The van der Waals surface area contributed by atoms with Crippen LogP contribution in [-0.2, 0) is 11.4 Å². The lowest BCUT2D eigenvalue weighted by Crippen LogP contribution is -2.23. The number of methoxy groups -OCH3 is 1. The standard InChI is InChI=1S/C23H21F2N5O3/c1-29-11-13-8-19(32-2)17(9-15(13)23(29)31)28-20-10-21(27-12-26-20)30-18(6-7-33-30)14-4-3-5-16(24)22(14)25/h3-5,8-10,12,18H,6-7,11H2,1-2H3,(H,26,27,28)/t18-/m1/s1. The molecule has 0 saturated carbocycles. The molecule has 170 valence electrons. The molecule has 0 aliphatic carbocycles. The number of hydrogen-bond acceptors (Lipinski definition) is 7. The van der Waals surface area contributed by atoms with E-state index in [-0.39, 0.29) is 11.5 Å². The highest BCUT2D eigenvalue weighted by atomic mass is 19.2. The summed E-state index contributed by atoms with van der Waals surface area (Å²) in [6, 6.07) is 8.75. The van der Waals surface area contributed by atoms with Crippen molar-refractivity contribution in [3.63, 3.8) is 0 Å². The van der Waals surface area contributed by atoms with Gasteiger partial charge in [0.2, 0.25) is 0 Å². The predicted octanol–water partition coefficient (Wildman–Crippen LogP) is 3.98. The number of carbonyl (C=O) groups excluding carboxylic acids is 1. The minimum atomic E-state index is -0.909. The molecule has 3 aromatic rings. The number of nitrogens with one attached hydrogen (secondary N) is 1. The summed E-state index contributed by atoms with van der Waals surface area (Å²) in [6.45, 7) is 0.856. The molecule has 0 spiro atoms. The highest BCUT2D eigenvalue weighted by molar-refractivity contribution is 5.99. The highest BCUT2D eigenvalue weighted by Crippen LogP contribution is 2.38. The Hall–Kier alpha value is -3.79. The van der Waals surface area contributed by atoms with Gasteiger partial charge in [-0.3, -0.25) is 9.63 Å². The number of rotatable bonds is 5. The quantitative estimate of drug-likeness (QED) is 0.626. The number of aromatic nitrogens is 2. The van der Waals surface area contributed by atoms with E-state index in [1.54, 1.807) is 31.2 Å². The van der Waals surface area contributed by atoms with E-state index >= 15 is 0 Å². The van der Waals surface area contributed by atoms with Crippen molar-refractivity contribution < 1.29 is 23.1 Å². The molecular formula is C23H21F2N5O3. The van der Waals surface area contributed by atoms with Crippen LogP contribution >= 0.6 is 0 Å². The number of hydrogen-bond donors (Lipinski definition) is 1. The molecule has 3 heterocycles. The number of halogens is 2. The zero-order valence-corrected chi connectivity index (χ0v) is 18.0. The van der Waals surface area contributed by atoms with Gasteiger partial charge in [0.15, 0.2) is 17.5 Å². The number of benzene rings is 2. The molecular weight excluding hydrogens is 432 g/mol. The Morgan fingerprint density at radius 1 is 1.21 bits per heavy atom. The van der Waals surface area contributed by atoms with Gasteiger partial charge in [-0.1, -0.05) is 12.1 Å². The Morgan fingerprint density at radius 3 is 2.88 bits per heavy atom. The molecule has 10 heteroatoms. The van der Waals surface area contributed by atoms with E-state index in [2.05, 4.69) is 15.3 Å². The van der Waals surface area contributed by atoms with Gasteiger partial charge in [0, 0.05) is 37.2 Å². The Kier molecular flexibility index (Phi) is 5.29. The van der Waals surface area contributed by atoms with Crippen LogP contribution in [0.2, 0.25) is 0 Å². The van der Waals surface area contributed by atoms with E-state index in [0.717, 1.165) is 11.6 Å². The molecule has 0 bridgehead atoms. The number of carbonyl (C=O) groups is 1. The number of anilines is 3. The first-order valence-electron chi connectivity index (χ1n) is 10.4. The maximum atomic E-state index is 14.4. The highest BCUT2D eigenvalue weighted by Gasteiger charge is 2.32. The third kappa shape index (κ3) is 3.72. The second-order valence-electron chi connectivity index (χ2n) is 7.86. The fourth-order valence-electron chi connectivity index (χ4n) is 4.18. The maximum Gasteiger partial charge on any atom is 0.254 e. The lowest BCUT2D eigenvalue weighted by Gasteiger charge is -2.24. The smallest absolute Gasteiger partial charge is 0.254 e. The van der Waals surface area contributed by atoms with Crippen LogP contribution in [0.5, 0.6) is 5.75 Å². The Labute approximate surface area is 188 Å². The summed E-state index contributed by atoms with van der Waals surface area (Å²) in [5, 5.41) is 4.63. The van der Waals surface area contributed by atoms with Crippen LogP contribution in [0.25, 0.3) is 0 Å². The van der Waals surface area contributed by atoms with Crippen LogP contribution in [0, 0.1) is 11.6 Å². The summed E-state index contributed by atoms with van der Waals surface area (Å²) in [4.78, 5) is 28.2. The molecule has 0 radical (unpaired) electrons. The van der Waals surface area contributed by atoms with Gasteiger partial charge in [-0.25, -0.2) is 23.8 Å². The molecule has 2 aromatic carbocycles. The Balaban J connectivity index is 1.45. The molecule has 0 unspecified atom stereocenters. The third-order valence-electron chi connectivity index (χ3n) is 5.80. The van der Waals surface area contributed by atoms with Gasteiger partial charge in [0.25, 0.3) is 5.91 Å². The molecule has 33 heavy (non-hydrogen) atoms. The largest absolute Gasteiger partial charge is 0.495 e. The molecule has 1 N–H and O–H groups in total. The fourth-order valence-corrected chi connectivity index (χ4v) is 4.18. The summed E-state index contributed by atoms with van der Waals surface area (Å²) < 4.78 is 33.7. The first-order chi connectivity index (χ1) is 16.0. The monoisotopic (exact) mass is 453 g/mol. The molecule has 2 aliphatic heterocycles. The molecule has 1 saturated heterocycles. The topological polar surface area (TPSA) is 79.8 Å². The minimum absolute atomic E-state index is 0.0653. The molecule has 1 fully saturated rings. The van der Waals surface area contributed by atoms with Crippen LogP contribution < -0.4 is 15.1 Å². The zero-order chi connectivity index (χ0) is 23.1. The van der Waals surface area contributed by atoms with Crippen LogP contribution in [0.1, 0.15) is 33.9 Å². The molecule has 5 rings (SSSR count). The molecule has 2 aliphatic rings. The molecule has 1 amide bonds. The van der Waals surface area contributed by atoms with Gasteiger partial charge in [-0.15, -0.1) is 0 Å². The van der Waals surface area contributed by atoms with E-state index in [1.165, 1.54) is 23.5 Å². The van der Waals surface area contributed by atoms with E-state index in [4.69, 9.17) is 9.57 Å². The van der Waals surface area contributed by atoms with Crippen molar-refractivity contribution in [2.45, 2.75) is 19.0 Å². The molecule has 1 aromatic heterocycles. The number of fused-ring (bicyclic) bond motifs is 1. The van der Waals surface area contributed by atoms with Gasteiger partial charge in [-0.2, -0.15) is 0 Å². The fraction of sp³-hybridized carbons (Fsp3) is 0.261. The minimum Gasteiger partial charge on any atom is -0.495 e. The van der Waals surface area contributed by atoms with Crippen LogP contribution in [-0.4, -0.2) is 41.5 Å². The average molecular weight is 453 g/mol. The van der Waals surface area contributed by atoms with Crippen LogP contribution in [0.15, 0.2) is 42.7 Å². The number of ether oxygens (including phenoxy) is 1. The van der Waals surface area contributed by atoms with Crippen LogP contribution in [0.3, 0.4) is 0 Å². The van der Waals surface area contributed by atoms with E-state index in [9.17, 15) is 13.6 Å². The zero-order valence-electron chi connectivity index (χ0n) is 18.0. The summed E-state index contributed by atoms with van der Waals surface area (Å²) in [5.74, 6) is -0.504. The van der Waals surface area contributed by atoms with Crippen LogP contribution in [0.4, 0.5) is 26.1 Å². The molecule has 1 atom stereocenters. The van der Waals surface area contributed by atoms with Crippen molar-refractivity contribution in [3.05, 3.63) is 71.1 Å². The van der Waals surface area contributed by atoms with Gasteiger partial charge in [0.05, 0.1) is 25.4 Å². The second-order valence-corrected chi connectivity index (χ2v) is 7.86. The summed E-state index contributed by atoms with van der Waals surface area (Å²) in [5.41, 5.74) is 2.25.